The number of hydrogen-bond donors (Lipinski definition) is 1. The van der Waals surface area contributed by atoms with E-state index in [-0.39, 0.29) is 18.2 Å². The van der Waals surface area contributed by atoms with Crippen molar-refractivity contribution in [3.8, 4) is 17.2 Å². The molecule has 1 saturated heterocycles. The minimum atomic E-state index is -4.09. The lowest BCUT2D eigenvalue weighted by Gasteiger charge is -2.27. The van der Waals surface area contributed by atoms with Gasteiger partial charge in [0.25, 0.3) is 0 Å². The molecule has 0 saturated carbocycles. The van der Waals surface area contributed by atoms with Gasteiger partial charge < -0.3 is 18.9 Å². The average molecular weight is 561 g/mol. The maximum absolute atomic E-state index is 13.8. The largest absolute Gasteiger partial charge is 0.494 e. The molecular weight excluding hydrogens is 524 g/mol. The summed E-state index contributed by atoms with van der Waals surface area (Å²) < 4.78 is 55.2. The zero-order chi connectivity index (χ0) is 28.2. The van der Waals surface area contributed by atoms with E-state index in [0.717, 1.165) is 19.3 Å². The van der Waals surface area contributed by atoms with E-state index in [1.165, 1.54) is 20.4 Å². The third-order valence-corrected chi connectivity index (χ3v) is 8.13. The summed E-state index contributed by atoms with van der Waals surface area (Å²) in [6.45, 7) is 7.62. The molecule has 0 unspecified atom stereocenters. The number of hydrogen-bond acceptors (Lipinski definition) is 10. The van der Waals surface area contributed by atoms with Crippen LogP contribution in [0.5, 0.6) is 11.5 Å². The summed E-state index contributed by atoms with van der Waals surface area (Å²) >= 11 is 0. The lowest BCUT2D eigenvalue weighted by molar-refractivity contribution is 0.00392. The van der Waals surface area contributed by atoms with Crippen LogP contribution in [0.15, 0.2) is 30.6 Å². The molecule has 1 N–H and O–H groups in total. The van der Waals surface area contributed by atoms with E-state index < -0.39 is 21.4 Å². The number of aromatic nitrogens is 5. The number of ether oxygens (including phenoxy) is 4. The molecule has 0 radical (unpaired) electrons. The second-order valence-electron chi connectivity index (χ2n) is 9.62. The van der Waals surface area contributed by atoms with Gasteiger partial charge in [-0.1, -0.05) is 6.07 Å². The average Bonchev–Trinajstić information content (AvgIpc) is 3.33. The summed E-state index contributed by atoms with van der Waals surface area (Å²) in [5.41, 5.74) is 1.59. The SMILES string of the molecule is COc1cccc(OC)c1-n1c(NS(=O)(=O)[C@@H](C)[C@@H](OC(C)C)c2cnc(C)cn2)nnc1[C@@H]1CCCCO1. The van der Waals surface area contributed by atoms with Gasteiger partial charge in [0.15, 0.2) is 5.82 Å². The molecule has 2 aromatic heterocycles. The van der Waals surface area contributed by atoms with Crippen LogP contribution < -0.4 is 14.2 Å². The predicted molar refractivity (Wildman–Crippen MR) is 145 cm³/mol. The second kappa shape index (κ2) is 12.3. The third-order valence-electron chi connectivity index (χ3n) is 6.44. The maximum atomic E-state index is 13.8. The molecule has 1 aromatic carbocycles. The van der Waals surface area contributed by atoms with Gasteiger partial charge in [0.05, 0.1) is 37.9 Å². The lowest BCUT2D eigenvalue weighted by Crippen LogP contribution is -2.34. The summed E-state index contributed by atoms with van der Waals surface area (Å²) in [4.78, 5) is 8.66. The highest BCUT2D eigenvalue weighted by atomic mass is 32.2. The Bertz CT molecular complexity index is 1330. The van der Waals surface area contributed by atoms with Crippen LogP contribution in [0.25, 0.3) is 5.69 Å². The minimum absolute atomic E-state index is 0.0212. The molecule has 3 heterocycles. The van der Waals surface area contributed by atoms with Crippen molar-refractivity contribution >= 4 is 16.0 Å². The number of aryl methyl sites for hydroxylation is 1. The Hall–Kier alpha value is -3.29. The topological polar surface area (TPSA) is 140 Å². The summed E-state index contributed by atoms with van der Waals surface area (Å²) in [7, 11) is -1.03. The van der Waals surface area contributed by atoms with E-state index in [1.54, 1.807) is 35.9 Å². The number of anilines is 1. The smallest absolute Gasteiger partial charge is 0.243 e. The van der Waals surface area contributed by atoms with Crippen molar-refractivity contribution in [1.82, 2.24) is 24.7 Å². The van der Waals surface area contributed by atoms with Gasteiger partial charge in [-0.3, -0.25) is 19.3 Å². The Labute approximate surface area is 229 Å². The van der Waals surface area contributed by atoms with Crippen molar-refractivity contribution < 1.29 is 27.4 Å². The zero-order valence-electron chi connectivity index (χ0n) is 23.1. The molecule has 0 bridgehead atoms. The van der Waals surface area contributed by atoms with Crippen molar-refractivity contribution in [2.24, 2.45) is 0 Å². The first-order valence-corrected chi connectivity index (χ1v) is 14.4. The molecule has 1 aliphatic rings. The lowest BCUT2D eigenvalue weighted by atomic mass is 10.1. The minimum Gasteiger partial charge on any atom is -0.494 e. The van der Waals surface area contributed by atoms with Crippen molar-refractivity contribution in [2.75, 3.05) is 25.5 Å². The van der Waals surface area contributed by atoms with Crippen LogP contribution in [0.4, 0.5) is 5.95 Å². The first-order chi connectivity index (χ1) is 18.7. The molecule has 4 rings (SSSR count). The van der Waals surface area contributed by atoms with Crippen LogP contribution >= 0.6 is 0 Å². The highest BCUT2D eigenvalue weighted by Crippen LogP contribution is 2.39. The van der Waals surface area contributed by atoms with Crippen molar-refractivity contribution in [1.29, 1.82) is 0 Å². The van der Waals surface area contributed by atoms with Gasteiger partial charge in [-0.15, -0.1) is 10.2 Å². The summed E-state index contributed by atoms with van der Waals surface area (Å²) in [5.74, 6) is 1.33. The Morgan fingerprint density at radius 1 is 1.05 bits per heavy atom. The van der Waals surface area contributed by atoms with E-state index in [0.29, 0.717) is 41.0 Å². The second-order valence-corrected chi connectivity index (χ2v) is 11.7. The summed E-state index contributed by atoms with van der Waals surface area (Å²) in [5, 5.41) is 7.56. The van der Waals surface area contributed by atoms with Gasteiger partial charge in [-0.05, 0) is 59.1 Å². The first kappa shape index (κ1) is 28.7. The number of nitrogens with zero attached hydrogens (tertiary/aromatic N) is 5. The molecule has 0 amide bonds. The molecule has 0 aliphatic carbocycles. The molecule has 3 atom stereocenters. The Balaban J connectivity index is 1.79. The van der Waals surface area contributed by atoms with E-state index in [9.17, 15) is 8.42 Å². The quantitative estimate of drug-likeness (QED) is 0.367. The fraction of sp³-hybridized carbons (Fsp3) is 0.538. The van der Waals surface area contributed by atoms with Gasteiger partial charge in [-0.2, -0.15) is 0 Å². The standard InChI is InChI=1S/C26H36N6O6S/c1-16(2)38-24(19-15-27-17(3)14-28-19)18(4)39(33,34)31-26-30-29-25(22-10-7-8-13-37-22)32(26)23-20(35-5)11-9-12-21(23)36-6/h9,11-12,14-16,18,22,24H,7-8,10,13H2,1-6H3,(H,30,31)/t18-,22-,24+/m0/s1. The Morgan fingerprint density at radius 2 is 1.77 bits per heavy atom. The van der Waals surface area contributed by atoms with E-state index in [4.69, 9.17) is 18.9 Å². The maximum Gasteiger partial charge on any atom is 0.243 e. The fourth-order valence-corrected chi connectivity index (χ4v) is 5.54. The normalized spacial score (nSPS) is 17.6. The molecular formula is C26H36N6O6S. The van der Waals surface area contributed by atoms with E-state index in [1.807, 2.05) is 20.8 Å². The third kappa shape index (κ3) is 6.31. The van der Waals surface area contributed by atoms with Crippen molar-refractivity contribution in [3.05, 3.63) is 47.8 Å². The van der Waals surface area contributed by atoms with E-state index in [2.05, 4.69) is 24.9 Å². The van der Waals surface area contributed by atoms with Crippen LogP contribution in [0.3, 0.4) is 0 Å². The van der Waals surface area contributed by atoms with Crippen LogP contribution in [0, 0.1) is 6.92 Å². The van der Waals surface area contributed by atoms with Gasteiger partial charge >= 0.3 is 0 Å². The van der Waals surface area contributed by atoms with Crippen molar-refractivity contribution in [3.63, 3.8) is 0 Å². The molecule has 0 spiro atoms. The predicted octanol–water partition coefficient (Wildman–Crippen LogP) is 3.92. The number of benzene rings is 1. The number of methoxy groups -OCH3 is 2. The van der Waals surface area contributed by atoms with Crippen molar-refractivity contribution in [2.45, 2.75) is 70.5 Å². The fourth-order valence-electron chi connectivity index (χ4n) is 4.43. The number of rotatable bonds is 11. The van der Waals surface area contributed by atoms with Crippen LogP contribution in [-0.4, -0.2) is 65.3 Å². The number of sulfonamides is 1. The van der Waals surface area contributed by atoms with Crippen LogP contribution in [-0.2, 0) is 19.5 Å². The molecule has 12 nitrogen and oxygen atoms in total. The van der Waals surface area contributed by atoms with E-state index >= 15 is 0 Å². The van der Waals surface area contributed by atoms with Gasteiger partial charge in [0, 0.05) is 12.8 Å². The summed E-state index contributed by atoms with van der Waals surface area (Å²) in [6, 6.07) is 5.30. The Morgan fingerprint density at radius 3 is 2.33 bits per heavy atom. The molecule has 212 valence electrons. The summed E-state index contributed by atoms with van der Waals surface area (Å²) in [6.07, 6.45) is 4.21. The molecule has 13 heteroatoms. The monoisotopic (exact) mass is 560 g/mol. The molecule has 3 aromatic rings. The van der Waals surface area contributed by atoms with Gasteiger partial charge in [-0.25, -0.2) is 8.42 Å². The first-order valence-electron chi connectivity index (χ1n) is 12.9. The highest BCUT2D eigenvalue weighted by molar-refractivity contribution is 7.93. The highest BCUT2D eigenvalue weighted by Gasteiger charge is 2.36. The van der Waals surface area contributed by atoms with Crippen LogP contribution in [0.1, 0.15) is 69.5 Å². The Kier molecular flexibility index (Phi) is 9.03. The molecule has 1 fully saturated rings. The van der Waals surface area contributed by atoms with Gasteiger partial charge in [0.2, 0.25) is 16.0 Å². The van der Waals surface area contributed by atoms with Crippen LogP contribution in [0.2, 0.25) is 0 Å². The molecule has 1 aliphatic heterocycles. The number of nitrogens with one attached hydrogen (secondary N) is 1. The number of para-hydroxylation sites is 1. The molecule has 39 heavy (non-hydrogen) atoms. The van der Waals surface area contributed by atoms with Gasteiger partial charge in [0.1, 0.15) is 34.6 Å². The zero-order valence-corrected chi connectivity index (χ0v) is 23.9.